The number of likely N-dealkylation sites (tertiary alicyclic amines) is 1. The molecule has 3 heteroatoms. The second-order valence-electron chi connectivity index (χ2n) is 7.47. The molecular weight excluding hydrogens is 248 g/mol. The molecule has 118 valence electrons. The molecule has 0 aromatic carbocycles. The minimum atomic E-state index is -0.126. The number of nitrogens with one attached hydrogen (secondary N) is 1. The number of hydrogen-bond donors (Lipinski definition) is 2. The first-order valence-corrected chi connectivity index (χ1v) is 8.65. The van der Waals surface area contributed by atoms with Crippen molar-refractivity contribution in [3.8, 4) is 0 Å². The molecule has 20 heavy (non-hydrogen) atoms. The Labute approximate surface area is 125 Å². The van der Waals surface area contributed by atoms with Crippen molar-refractivity contribution in [1.29, 1.82) is 0 Å². The maximum Gasteiger partial charge on any atom is 0.0693 e. The summed E-state index contributed by atoms with van der Waals surface area (Å²) in [5.41, 5.74) is 0. The van der Waals surface area contributed by atoms with Gasteiger partial charge >= 0.3 is 0 Å². The van der Waals surface area contributed by atoms with E-state index < -0.39 is 0 Å². The van der Waals surface area contributed by atoms with Crippen LogP contribution in [0.25, 0.3) is 0 Å². The summed E-state index contributed by atoms with van der Waals surface area (Å²) in [5.74, 6) is 2.85. The minimum absolute atomic E-state index is 0.126. The number of piperidine rings is 1. The van der Waals surface area contributed by atoms with Crippen LogP contribution in [0.3, 0.4) is 0 Å². The van der Waals surface area contributed by atoms with Crippen molar-refractivity contribution in [2.75, 3.05) is 26.2 Å². The monoisotopic (exact) mass is 282 g/mol. The standard InChI is InChI=1S/C17H34N2O/c1-5-18-16-9-12(2)8-14(4)15(16)10-19-7-6-13(3)17(20)11-19/h12-18,20H,5-11H2,1-4H3. The van der Waals surface area contributed by atoms with Crippen LogP contribution in [0.5, 0.6) is 0 Å². The highest BCUT2D eigenvalue weighted by Gasteiger charge is 2.35. The van der Waals surface area contributed by atoms with Gasteiger partial charge in [-0.25, -0.2) is 0 Å². The fraction of sp³-hybridized carbons (Fsp3) is 1.00. The van der Waals surface area contributed by atoms with Crippen molar-refractivity contribution >= 4 is 0 Å². The molecule has 1 saturated carbocycles. The molecule has 2 N–H and O–H groups in total. The van der Waals surface area contributed by atoms with Gasteiger partial charge in [-0.05, 0) is 56.0 Å². The van der Waals surface area contributed by atoms with Crippen LogP contribution in [0.4, 0.5) is 0 Å². The van der Waals surface area contributed by atoms with Gasteiger partial charge < -0.3 is 15.3 Å². The van der Waals surface area contributed by atoms with E-state index in [1.54, 1.807) is 0 Å². The smallest absolute Gasteiger partial charge is 0.0693 e. The zero-order chi connectivity index (χ0) is 14.7. The summed E-state index contributed by atoms with van der Waals surface area (Å²) >= 11 is 0. The molecule has 1 aliphatic heterocycles. The zero-order valence-electron chi connectivity index (χ0n) is 13.8. The highest BCUT2D eigenvalue weighted by atomic mass is 16.3. The largest absolute Gasteiger partial charge is 0.392 e. The summed E-state index contributed by atoms with van der Waals surface area (Å²) in [6.07, 6.45) is 3.69. The Bertz CT molecular complexity index is 297. The third-order valence-corrected chi connectivity index (χ3v) is 5.62. The Morgan fingerprint density at radius 3 is 2.55 bits per heavy atom. The van der Waals surface area contributed by atoms with Crippen LogP contribution in [0.2, 0.25) is 0 Å². The summed E-state index contributed by atoms with van der Waals surface area (Å²) in [6, 6.07) is 0.662. The number of β-amino-alcohol motifs (C(OH)–C–C–N with tert-alkyl or cyclic N) is 1. The lowest BCUT2D eigenvalue weighted by atomic mass is 9.72. The van der Waals surface area contributed by atoms with Gasteiger partial charge in [-0.3, -0.25) is 0 Å². The van der Waals surface area contributed by atoms with Crippen molar-refractivity contribution in [3.05, 3.63) is 0 Å². The highest BCUT2D eigenvalue weighted by Crippen LogP contribution is 2.35. The maximum absolute atomic E-state index is 10.1. The molecule has 3 nitrogen and oxygen atoms in total. The van der Waals surface area contributed by atoms with E-state index in [1.165, 1.54) is 12.8 Å². The van der Waals surface area contributed by atoms with Crippen LogP contribution in [0.15, 0.2) is 0 Å². The lowest BCUT2D eigenvalue weighted by molar-refractivity contribution is 0.00822. The van der Waals surface area contributed by atoms with Crippen molar-refractivity contribution < 1.29 is 5.11 Å². The molecule has 0 spiro atoms. The number of rotatable bonds is 4. The molecule has 0 bridgehead atoms. The van der Waals surface area contributed by atoms with Gasteiger partial charge in [0.2, 0.25) is 0 Å². The SMILES string of the molecule is CCNC1CC(C)CC(C)C1CN1CCC(C)C(O)C1. The molecule has 6 atom stereocenters. The van der Waals surface area contributed by atoms with Gasteiger partial charge in [-0.1, -0.05) is 27.7 Å². The fourth-order valence-corrected chi connectivity index (χ4v) is 4.29. The molecule has 1 heterocycles. The Kier molecular flexibility index (Phi) is 5.88. The molecule has 0 aromatic rings. The van der Waals surface area contributed by atoms with Gasteiger partial charge in [-0.2, -0.15) is 0 Å². The molecule has 1 saturated heterocycles. The quantitative estimate of drug-likeness (QED) is 0.831. The van der Waals surface area contributed by atoms with Crippen molar-refractivity contribution in [1.82, 2.24) is 10.2 Å². The van der Waals surface area contributed by atoms with Gasteiger partial charge in [-0.15, -0.1) is 0 Å². The van der Waals surface area contributed by atoms with Crippen LogP contribution in [-0.2, 0) is 0 Å². The van der Waals surface area contributed by atoms with Crippen LogP contribution in [0.1, 0.15) is 47.0 Å². The molecule has 0 radical (unpaired) electrons. The van der Waals surface area contributed by atoms with E-state index in [9.17, 15) is 5.11 Å². The average molecular weight is 282 g/mol. The summed E-state index contributed by atoms with van der Waals surface area (Å²) in [5, 5.41) is 13.8. The summed E-state index contributed by atoms with van der Waals surface area (Å²) in [7, 11) is 0. The lowest BCUT2D eigenvalue weighted by Crippen LogP contribution is -2.52. The Balaban J connectivity index is 1.94. The van der Waals surface area contributed by atoms with Gasteiger partial charge in [0, 0.05) is 19.1 Å². The van der Waals surface area contributed by atoms with E-state index in [2.05, 4.69) is 37.9 Å². The number of aliphatic hydroxyl groups excluding tert-OH is 1. The molecule has 0 amide bonds. The molecule has 0 aromatic heterocycles. The Morgan fingerprint density at radius 2 is 1.90 bits per heavy atom. The zero-order valence-corrected chi connectivity index (χ0v) is 13.8. The first-order chi connectivity index (χ1) is 9.51. The fourth-order valence-electron chi connectivity index (χ4n) is 4.29. The summed E-state index contributed by atoms with van der Waals surface area (Å²) < 4.78 is 0. The van der Waals surface area contributed by atoms with E-state index in [-0.39, 0.29) is 6.10 Å². The predicted octanol–water partition coefficient (Wildman–Crippen LogP) is 2.35. The third-order valence-electron chi connectivity index (χ3n) is 5.62. The Morgan fingerprint density at radius 1 is 1.15 bits per heavy atom. The normalized spacial score (nSPS) is 43.6. The van der Waals surface area contributed by atoms with Gasteiger partial charge in [0.15, 0.2) is 0 Å². The first-order valence-electron chi connectivity index (χ1n) is 8.65. The van der Waals surface area contributed by atoms with E-state index in [1.807, 2.05) is 0 Å². The van der Waals surface area contributed by atoms with Gasteiger partial charge in [0.05, 0.1) is 6.10 Å². The second-order valence-corrected chi connectivity index (χ2v) is 7.47. The van der Waals surface area contributed by atoms with Crippen molar-refractivity contribution in [3.63, 3.8) is 0 Å². The first kappa shape index (κ1) is 16.3. The second kappa shape index (κ2) is 7.24. The maximum atomic E-state index is 10.1. The highest BCUT2D eigenvalue weighted by molar-refractivity contribution is 4.90. The van der Waals surface area contributed by atoms with Crippen molar-refractivity contribution in [2.45, 2.75) is 59.1 Å². The molecule has 6 unspecified atom stereocenters. The van der Waals surface area contributed by atoms with E-state index in [4.69, 9.17) is 0 Å². The Hall–Kier alpha value is -0.120. The number of hydrogen-bond acceptors (Lipinski definition) is 3. The number of aliphatic hydroxyl groups is 1. The molecule has 1 aliphatic carbocycles. The third kappa shape index (κ3) is 3.96. The van der Waals surface area contributed by atoms with E-state index in [0.717, 1.165) is 50.4 Å². The van der Waals surface area contributed by atoms with Gasteiger partial charge in [0.1, 0.15) is 0 Å². The van der Waals surface area contributed by atoms with Crippen LogP contribution < -0.4 is 5.32 Å². The van der Waals surface area contributed by atoms with Gasteiger partial charge in [0.25, 0.3) is 0 Å². The molecule has 2 aliphatic rings. The van der Waals surface area contributed by atoms with E-state index >= 15 is 0 Å². The molecular formula is C17H34N2O. The average Bonchev–Trinajstić information content (AvgIpc) is 2.38. The van der Waals surface area contributed by atoms with Crippen LogP contribution in [-0.4, -0.2) is 48.3 Å². The number of nitrogens with zero attached hydrogens (tertiary/aromatic N) is 1. The van der Waals surface area contributed by atoms with Crippen molar-refractivity contribution in [2.24, 2.45) is 23.7 Å². The van der Waals surface area contributed by atoms with Crippen LogP contribution >= 0.6 is 0 Å². The minimum Gasteiger partial charge on any atom is -0.392 e. The van der Waals surface area contributed by atoms with E-state index in [0.29, 0.717) is 12.0 Å². The van der Waals surface area contributed by atoms with Crippen LogP contribution in [0, 0.1) is 23.7 Å². The summed E-state index contributed by atoms with van der Waals surface area (Å²) in [4.78, 5) is 2.51. The lowest BCUT2D eigenvalue weighted by Gasteiger charge is -2.44. The molecule has 2 rings (SSSR count). The predicted molar refractivity (Wildman–Crippen MR) is 84.7 cm³/mol. The topological polar surface area (TPSA) is 35.5 Å². The summed E-state index contributed by atoms with van der Waals surface area (Å²) in [6.45, 7) is 13.5. The molecule has 2 fully saturated rings.